The number of amidine groups is 1. The molecule has 1 aliphatic rings. The Morgan fingerprint density at radius 3 is 2.38 bits per heavy atom. The third kappa shape index (κ3) is 3.60. The first-order chi connectivity index (χ1) is 11.4. The molecule has 1 heterocycles. The number of amides is 1. The molecule has 0 saturated carbocycles. The number of hydrogen-bond donors (Lipinski definition) is 0. The first-order valence-electron chi connectivity index (χ1n) is 7.21. The highest BCUT2D eigenvalue weighted by molar-refractivity contribution is 8.14. The minimum absolute atomic E-state index is 0.0665. The Kier molecular flexibility index (Phi) is 4.87. The average Bonchev–Trinajstić information content (AvgIpc) is 2.94. The van der Waals surface area contributed by atoms with Crippen LogP contribution in [0, 0.1) is 11.6 Å². The van der Waals surface area contributed by atoms with Gasteiger partial charge in [-0.15, -0.1) is 0 Å². The number of thioether (sulfide) groups is 1. The van der Waals surface area contributed by atoms with E-state index in [2.05, 4.69) is 4.99 Å². The van der Waals surface area contributed by atoms with E-state index >= 15 is 0 Å². The van der Waals surface area contributed by atoms with Gasteiger partial charge < -0.3 is 0 Å². The predicted molar refractivity (Wildman–Crippen MR) is 94.0 cm³/mol. The zero-order valence-electron chi connectivity index (χ0n) is 12.7. The fraction of sp³-hybridized carbons (Fsp3) is 0.176. The van der Waals surface area contributed by atoms with Gasteiger partial charge in [0.15, 0.2) is 5.17 Å². The molecule has 0 saturated heterocycles. The third-order valence-corrected chi connectivity index (χ3v) is 4.82. The van der Waals surface area contributed by atoms with Crippen LogP contribution in [0.3, 0.4) is 0 Å². The van der Waals surface area contributed by atoms with Crippen LogP contribution in [0.1, 0.15) is 17.3 Å². The standard InChI is InChI=1S/C17H13ClF2N2OS/c1-10-9-24-17(21-10)22(15-4-2-12(18)3-5-15)16(23)11-6-13(19)8-14(20)7-11/h2-8,10H,9H2,1H3/t10-/m1/s1. The molecule has 0 N–H and O–H groups in total. The molecule has 3 nitrogen and oxygen atoms in total. The number of carbonyl (C=O) groups is 1. The van der Waals surface area contributed by atoms with Crippen molar-refractivity contribution in [1.82, 2.24) is 0 Å². The molecule has 3 rings (SSSR count). The topological polar surface area (TPSA) is 32.7 Å². The fourth-order valence-electron chi connectivity index (χ4n) is 2.29. The van der Waals surface area contributed by atoms with E-state index in [0.29, 0.717) is 15.9 Å². The van der Waals surface area contributed by atoms with Crippen molar-refractivity contribution in [3.63, 3.8) is 0 Å². The summed E-state index contributed by atoms with van der Waals surface area (Å²) in [5.41, 5.74) is 0.458. The molecule has 1 atom stereocenters. The molecule has 0 spiro atoms. The second-order valence-electron chi connectivity index (χ2n) is 5.35. The summed E-state index contributed by atoms with van der Waals surface area (Å²) in [4.78, 5) is 18.7. The normalized spacial score (nSPS) is 16.8. The van der Waals surface area contributed by atoms with Crippen molar-refractivity contribution in [2.24, 2.45) is 4.99 Å². The number of rotatable bonds is 2. The quantitative estimate of drug-likeness (QED) is 0.767. The average molecular weight is 367 g/mol. The van der Waals surface area contributed by atoms with Crippen molar-refractivity contribution in [1.29, 1.82) is 0 Å². The minimum Gasteiger partial charge on any atom is -0.268 e. The van der Waals surface area contributed by atoms with Crippen molar-refractivity contribution >= 4 is 40.1 Å². The molecule has 1 aliphatic heterocycles. The van der Waals surface area contributed by atoms with E-state index in [1.807, 2.05) is 6.92 Å². The summed E-state index contributed by atoms with van der Waals surface area (Å²) in [6.07, 6.45) is 0. The Hall–Kier alpha value is -1.92. The molecular formula is C17H13ClF2N2OS. The number of carbonyl (C=O) groups excluding carboxylic acids is 1. The Morgan fingerprint density at radius 2 is 1.83 bits per heavy atom. The van der Waals surface area contributed by atoms with Crippen LogP contribution in [0.15, 0.2) is 47.5 Å². The lowest BCUT2D eigenvalue weighted by molar-refractivity contribution is 0.100. The second-order valence-corrected chi connectivity index (χ2v) is 6.77. The summed E-state index contributed by atoms with van der Waals surface area (Å²) >= 11 is 7.32. The van der Waals surface area contributed by atoms with Crippen molar-refractivity contribution in [3.8, 4) is 0 Å². The van der Waals surface area contributed by atoms with Gasteiger partial charge in [-0.25, -0.2) is 8.78 Å². The van der Waals surface area contributed by atoms with Crippen LogP contribution in [0.4, 0.5) is 14.5 Å². The maximum atomic E-state index is 13.5. The van der Waals surface area contributed by atoms with Gasteiger partial charge >= 0.3 is 0 Å². The molecule has 124 valence electrons. The van der Waals surface area contributed by atoms with Crippen LogP contribution in [0.2, 0.25) is 5.02 Å². The molecule has 0 radical (unpaired) electrons. The Balaban J connectivity index is 2.05. The predicted octanol–water partition coefficient (Wildman–Crippen LogP) is 4.76. The van der Waals surface area contributed by atoms with Gasteiger partial charge in [0.1, 0.15) is 11.6 Å². The summed E-state index contributed by atoms with van der Waals surface area (Å²) < 4.78 is 27.0. The van der Waals surface area contributed by atoms with Crippen LogP contribution < -0.4 is 4.90 Å². The maximum Gasteiger partial charge on any atom is 0.264 e. The van der Waals surface area contributed by atoms with Crippen molar-refractivity contribution in [2.75, 3.05) is 10.7 Å². The number of halogens is 3. The molecule has 2 aromatic carbocycles. The van der Waals surface area contributed by atoms with Gasteiger partial charge in [-0.3, -0.25) is 14.7 Å². The first kappa shape index (κ1) is 16.9. The van der Waals surface area contributed by atoms with Gasteiger partial charge in [-0.2, -0.15) is 0 Å². The molecule has 2 aromatic rings. The number of hydrogen-bond acceptors (Lipinski definition) is 3. The summed E-state index contributed by atoms with van der Waals surface area (Å²) in [5.74, 6) is -1.41. The van der Waals surface area contributed by atoms with E-state index < -0.39 is 17.5 Å². The van der Waals surface area contributed by atoms with Gasteiger partial charge in [0.25, 0.3) is 5.91 Å². The molecule has 0 unspecified atom stereocenters. The Labute approximate surface area is 147 Å². The zero-order valence-corrected chi connectivity index (χ0v) is 14.2. The maximum absolute atomic E-state index is 13.5. The highest BCUT2D eigenvalue weighted by atomic mass is 35.5. The first-order valence-corrected chi connectivity index (χ1v) is 8.57. The Morgan fingerprint density at radius 1 is 1.21 bits per heavy atom. The number of benzene rings is 2. The summed E-state index contributed by atoms with van der Waals surface area (Å²) in [6, 6.07) is 9.45. The Bertz CT molecular complexity index is 790. The van der Waals surface area contributed by atoms with E-state index in [1.54, 1.807) is 24.3 Å². The SMILES string of the molecule is C[C@@H]1CSC(N(C(=O)c2cc(F)cc(F)c2)c2ccc(Cl)cc2)=N1. The summed E-state index contributed by atoms with van der Waals surface area (Å²) in [6.45, 7) is 1.94. The monoisotopic (exact) mass is 366 g/mol. The van der Waals surface area contributed by atoms with Crippen molar-refractivity contribution in [3.05, 3.63) is 64.7 Å². The van der Waals surface area contributed by atoms with Gasteiger partial charge in [0, 0.05) is 22.4 Å². The second kappa shape index (κ2) is 6.91. The smallest absolute Gasteiger partial charge is 0.264 e. The molecule has 0 aromatic heterocycles. The highest BCUT2D eigenvalue weighted by Crippen LogP contribution is 2.28. The fourth-order valence-corrected chi connectivity index (χ4v) is 3.45. The molecule has 0 bridgehead atoms. The van der Waals surface area contributed by atoms with Crippen LogP contribution in [0.5, 0.6) is 0 Å². The van der Waals surface area contributed by atoms with Crippen molar-refractivity contribution < 1.29 is 13.6 Å². The van der Waals surface area contributed by atoms with E-state index in [9.17, 15) is 13.6 Å². The molecule has 1 amide bonds. The zero-order chi connectivity index (χ0) is 17.3. The summed E-state index contributed by atoms with van der Waals surface area (Å²) in [5, 5.41) is 1.02. The van der Waals surface area contributed by atoms with Crippen LogP contribution in [-0.2, 0) is 0 Å². The lowest BCUT2D eigenvalue weighted by Crippen LogP contribution is -2.34. The minimum atomic E-state index is -0.802. The molecule has 0 fully saturated rings. The number of anilines is 1. The van der Waals surface area contributed by atoms with Gasteiger partial charge in [0.05, 0.1) is 11.7 Å². The van der Waals surface area contributed by atoms with Crippen LogP contribution in [0.25, 0.3) is 0 Å². The van der Waals surface area contributed by atoms with Gasteiger partial charge in [-0.05, 0) is 43.3 Å². The number of nitrogens with zero attached hydrogens (tertiary/aromatic N) is 2. The molecule has 0 aliphatic carbocycles. The van der Waals surface area contributed by atoms with Crippen LogP contribution in [-0.4, -0.2) is 22.9 Å². The largest absolute Gasteiger partial charge is 0.268 e. The van der Waals surface area contributed by atoms with E-state index in [0.717, 1.165) is 24.0 Å². The van der Waals surface area contributed by atoms with E-state index in [-0.39, 0.29) is 11.6 Å². The summed E-state index contributed by atoms with van der Waals surface area (Å²) in [7, 11) is 0. The third-order valence-electron chi connectivity index (χ3n) is 3.37. The molecule has 24 heavy (non-hydrogen) atoms. The number of aliphatic imine (C=N–C) groups is 1. The van der Waals surface area contributed by atoms with Crippen molar-refractivity contribution in [2.45, 2.75) is 13.0 Å². The lowest BCUT2D eigenvalue weighted by atomic mass is 10.1. The highest BCUT2D eigenvalue weighted by Gasteiger charge is 2.28. The molecule has 7 heteroatoms. The van der Waals surface area contributed by atoms with Gasteiger partial charge in [0.2, 0.25) is 0 Å². The molecular weight excluding hydrogens is 354 g/mol. The van der Waals surface area contributed by atoms with E-state index in [1.165, 1.54) is 16.7 Å². The van der Waals surface area contributed by atoms with E-state index in [4.69, 9.17) is 11.6 Å². The lowest BCUT2D eigenvalue weighted by Gasteiger charge is -2.22. The van der Waals surface area contributed by atoms with Crippen LogP contribution >= 0.6 is 23.4 Å². The van der Waals surface area contributed by atoms with Gasteiger partial charge in [-0.1, -0.05) is 23.4 Å².